The molecule has 2 aromatic heterocycles. The van der Waals surface area contributed by atoms with Crippen LogP contribution in [0.25, 0.3) is 34.0 Å². The fourth-order valence-corrected chi connectivity index (χ4v) is 5.35. The van der Waals surface area contributed by atoms with E-state index in [-0.39, 0.29) is 6.17 Å². The number of aryl methyl sites for hydroxylation is 1. The van der Waals surface area contributed by atoms with Gasteiger partial charge < -0.3 is 4.57 Å². The highest BCUT2D eigenvalue weighted by molar-refractivity contribution is 6.06. The van der Waals surface area contributed by atoms with Crippen LogP contribution in [0.1, 0.15) is 48.4 Å². The van der Waals surface area contributed by atoms with Crippen molar-refractivity contribution >= 4 is 39.8 Å². The van der Waals surface area contributed by atoms with Crippen LogP contribution < -0.4 is 0 Å². The van der Waals surface area contributed by atoms with Crippen molar-refractivity contribution in [3.8, 4) is 12.3 Å². The molecule has 2 aliphatic rings. The Kier molecular flexibility index (Phi) is 4.66. The Bertz CT molecular complexity index is 1560. The Morgan fingerprint density at radius 3 is 2.61 bits per heavy atom. The van der Waals surface area contributed by atoms with Crippen LogP contribution >= 0.6 is 0 Å². The maximum Gasteiger partial charge on any atom is 0.134 e. The average molecular weight is 428 g/mol. The molecule has 0 saturated heterocycles. The molecule has 3 heterocycles. The Labute approximate surface area is 194 Å². The Morgan fingerprint density at radius 1 is 1.00 bits per heavy atom. The fraction of sp³-hybridized carbons (Fsp3) is 0.167. The molecule has 0 fully saturated rings. The summed E-state index contributed by atoms with van der Waals surface area (Å²) in [6.07, 6.45) is 22.1. The minimum Gasteiger partial charge on any atom is -0.318 e. The van der Waals surface area contributed by atoms with Gasteiger partial charge in [0, 0.05) is 22.9 Å². The first-order chi connectivity index (χ1) is 16.3. The molecule has 3 heteroatoms. The Morgan fingerprint density at radius 2 is 1.79 bits per heavy atom. The third-order valence-corrected chi connectivity index (χ3v) is 6.70. The molecule has 33 heavy (non-hydrogen) atoms. The van der Waals surface area contributed by atoms with E-state index in [1.807, 2.05) is 19.1 Å². The highest BCUT2D eigenvalue weighted by Gasteiger charge is 2.25. The summed E-state index contributed by atoms with van der Waals surface area (Å²) in [4.78, 5) is 5.31. The first-order valence-electron chi connectivity index (χ1n) is 11.6. The van der Waals surface area contributed by atoms with E-state index in [0.717, 1.165) is 47.3 Å². The average Bonchev–Trinajstić information content (AvgIpc) is 3.37. The number of terminal acetylenes is 1. The second-order valence-corrected chi connectivity index (χ2v) is 8.56. The molecule has 1 aliphatic carbocycles. The number of aliphatic imine (C=N–C) groups is 1. The van der Waals surface area contributed by atoms with Crippen LogP contribution in [0, 0.1) is 12.3 Å². The van der Waals surface area contributed by atoms with E-state index in [4.69, 9.17) is 11.4 Å². The van der Waals surface area contributed by atoms with Crippen LogP contribution in [0.3, 0.4) is 0 Å². The standard InChI is InChI=1S/C30H25N3/c1-3-12-25-21(4-2)22-13-5-8-16-26(22)32(25)29-19-11-20-30(31-29)33-27-17-9-6-14-23(27)24-15-7-10-18-28(24)33/h2-3,5-6,8-14,16-19,30H,7,15,20H2,1H3/b12-3-. The molecule has 4 aromatic rings. The Hall–Kier alpha value is -4.03. The molecular formula is C30H25N3. The van der Waals surface area contributed by atoms with Crippen LogP contribution in [0.4, 0.5) is 0 Å². The third kappa shape index (κ3) is 2.95. The minimum atomic E-state index is -0.00435. The van der Waals surface area contributed by atoms with Crippen molar-refractivity contribution in [2.75, 3.05) is 0 Å². The molecule has 6 rings (SSSR count). The summed E-state index contributed by atoms with van der Waals surface area (Å²) in [7, 11) is 0. The summed E-state index contributed by atoms with van der Waals surface area (Å²) in [6.45, 7) is 2.02. The van der Waals surface area contributed by atoms with Crippen molar-refractivity contribution in [1.29, 1.82) is 0 Å². The minimum absolute atomic E-state index is 0.00435. The number of hydrogen-bond donors (Lipinski definition) is 0. The van der Waals surface area contributed by atoms with E-state index >= 15 is 0 Å². The summed E-state index contributed by atoms with van der Waals surface area (Å²) >= 11 is 0. The number of hydrogen-bond acceptors (Lipinski definition) is 1. The fourth-order valence-electron chi connectivity index (χ4n) is 5.35. The van der Waals surface area contributed by atoms with Gasteiger partial charge in [0.25, 0.3) is 0 Å². The number of aromatic nitrogens is 2. The number of rotatable bonds is 2. The molecule has 1 atom stereocenters. The zero-order valence-electron chi connectivity index (χ0n) is 18.7. The molecule has 0 N–H and O–H groups in total. The maximum atomic E-state index is 5.97. The summed E-state index contributed by atoms with van der Waals surface area (Å²) < 4.78 is 4.63. The van der Waals surface area contributed by atoms with Crippen LogP contribution in [0.5, 0.6) is 0 Å². The quantitative estimate of drug-likeness (QED) is 0.308. The molecule has 0 spiro atoms. The molecule has 0 saturated carbocycles. The van der Waals surface area contributed by atoms with Crippen LogP contribution in [0.2, 0.25) is 0 Å². The van der Waals surface area contributed by atoms with E-state index in [0.29, 0.717) is 0 Å². The number of dihydropyridines is 1. The number of fused-ring (bicyclic) bond motifs is 4. The molecule has 1 aliphatic heterocycles. The normalized spacial score (nSPS) is 17.6. The van der Waals surface area contributed by atoms with Gasteiger partial charge in [0.1, 0.15) is 12.0 Å². The molecule has 1 unspecified atom stereocenters. The smallest absolute Gasteiger partial charge is 0.134 e. The second kappa shape index (κ2) is 7.83. The molecule has 3 nitrogen and oxygen atoms in total. The van der Waals surface area contributed by atoms with Crippen LogP contribution in [-0.2, 0) is 6.42 Å². The van der Waals surface area contributed by atoms with Crippen LogP contribution in [0.15, 0.2) is 77.8 Å². The predicted molar refractivity (Wildman–Crippen MR) is 140 cm³/mol. The number of nitrogens with zero attached hydrogens (tertiary/aromatic N) is 3. The zero-order valence-corrected chi connectivity index (χ0v) is 18.7. The van der Waals surface area contributed by atoms with E-state index in [1.165, 1.54) is 22.2 Å². The first-order valence-corrected chi connectivity index (χ1v) is 11.6. The predicted octanol–water partition coefficient (Wildman–Crippen LogP) is 6.98. The van der Waals surface area contributed by atoms with Gasteiger partial charge in [-0.1, -0.05) is 60.5 Å². The number of allylic oxidation sites excluding steroid dienone is 3. The Balaban J connectivity index is 1.59. The summed E-state index contributed by atoms with van der Waals surface area (Å²) in [5.74, 6) is 3.84. The van der Waals surface area contributed by atoms with Gasteiger partial charge in [-0.3, -0.25) is 4.57 Å². The maximum absolute atomic E-state index is 5.97. The lowest BCUT2D eigenvalue weighted by Gasteiger charge is -2.23. The lowest BCUT2D eigenvalue weighted by atomic mass is 10.0. The van der Waals surface area contributed by atoms with Gasteiger partial charge in [0.15, 0.2) is 0 Å². The summed E-state index contributed by atoms with van der Waals surface area (Å²) in [5.41, 5.74) is 6.99. The van der Waals surface area contributed by atoms with E-state index in [9.17, 15) is 0 Å². The van der Waals surface area contributed by atoms with Gasteiger partial charge in [-0.05, 0) is 55.7 Å². The number of benzene rings is 2. The summed E-state index contributed by atoms with van der Waals surface area (Å²) in [5, 5.41) is 2.43. The van der Waals surface area contributed by atoms with Crippen molar-refractivity contribution in [2.24, 2.45) is 4.99 Å². The SMILES string of the molecule is C#Cc1c(/C=C\C)n(C2=NC(n3c4c(c5ccccc53)CCC=C4)CC=C2)c2ccccc12. The lowest BCUT2D eigenvalue weighted by molar-refractivity contribution is 0.537. The largest absolute Gasteiger partial charge is 0.318 e. The summed E-state index contributed by atoms with van der Waals surface area (Å²) in [6, 6.07) is 17.1. The van der Waals surface area contributed by atoms with Gasteiger partial charge in [-0.25, -0.2) is 4.99 Å². The van der Waals surface area contributed by atoms with Crippen molar-refractivity contribution < 1.29 is 0 Å². The monoisotopic (exact) mass is 427 g/mol. The van der Waals surface area contributed by atoms with Crippen LogP contribution in [-0.4, -0.2) is 15.0 Å². The van der Waals surface area contributed by atoms with Crippen molar-refractivity contribution in [3.05, 3.63) is 95.3 Å². The molecule has 2 aromatic carbocycles. The van der Waals surface area contributed by atoms with Gasteiger partial charge in [0.2, 0.25) is 0 Å². The van der Waals surface area contributed by atoms with Gasteiger partial charge >= 0.3 is 0 Å². The second-order valence-electron chi connectivity index (χ2n) is 8.56. The van der Waals surface area contributed by atoms with E-state index < -0.39 is 0 Å². The zero-order chi connectivity index (χ0) is 22.4. The molecule has 0 radical (unpaired) electrons. The van der Waals surface area contributed by atoms with Crippen molar-refractivity contribution in [1.82, 2.24) is 9.13 Å². The van der Waals surface area contributed by atoms with Gasteiger partial charge in [-0.2, -0.15) is 0 Å². The molecule has 160 valence electrons. The van der Waals surface area contributed by atoms with E-state index in [1.54, 1.807) is 0 Å². The van der Waals surface area contributed by atoms with Gasteiger partial charge in [-0.15, -0.1) is 6.42 Å². The highest BCUT2D eigenvalue weighted by Crippen LogP contribution is 2.36. The van der Waals surface area contributed by atoms with Gasteiger partial charge in [0.05, 0.1) is 22.3 Å². The molecular weight excluding hydrogens is 402 g/mol. The highest BCUT2D eigenvalue weighted by atomic mass is 15.2. The van der Waals surface area contributed by atoms with Crippen molar-refractivity contribution in [2.45, 2.75) is 32.4 Å². The lowest BCUT2D eigenvalue weighted by Crippen LogP contribution is -2.19. The van der Waals surface area contributed by atoms with E-state index in [2.05, 4.69) is 87.9 Å². The topological polar surface area (TPSA) is 22.2 Å². The molecule has 0 bridgehead atoms. The van der Waals surface area contributed by atoms with Crippen molar-refractivity contribution in [3.63, 3.8) is 0 Å². The molecule has 0 amide bonds. The third-order valence-electron chi connectivity index (χ3n) is 6.70. The number of para-hydroxylation sites is 2. The first kappa shape index (κ1) is 19.6.